The summed E-state index contributed by atoms with van der Waals surface area (Å²) < 4.78 is 0. The van der Waals surface area contributed by atoms with Crippen molar-refractivity contribution in [2.75, 3.05) is 26.7 Å². The smallest absolute Gasteiger partial charge is 0.0768 e. The molecule has 1 heterocycles. The standard InChI is InChI=1S/C13H28N2O/c1-5-13(16,6-2)11-15-9-7-12(3,14-4)8-10-15/h14,16H,5-11H2,1-4H3. The van der Waals surface area contributed by atoms with Gasteiger partial charge in [0.25, 0.3) is 0 Å². The molecule has 0 aromatic heterocycles. The molecule has 3 nitrogen and oxygen atoms in total. The summed E-state index contributed by atoms with van der Waals surface area (Å²) in [5.74, 6) is 0. The summed E-state index contributed by atoms with van der Waals surface area (Å²) in [6, 6.07) is 0. The summed E-state index contributed by atoms with van der Waals surface area (Å²) in [7, 11) is 2.05. The molecule has 0 radical (unpaired) electrons. The van der Waals surface area contributed by atoms with Crippen LogP contribution in [0.4, 0.5) is 0 Å². The highest BCUT2D eigenvalue weighted by Crippen LogP contribution is 2.24. The molecule has 96 valence electrons. The van der Waals surface area contributed by atoms with Crippen molar-refractivity contribution in [1.82, 2.24) is 10.2 Å². The maximum atomic E-state index is 10.3. The summed E-state index contributed by atoms with van der Waals surface area (Å²) in [5.41, 5.74) is -0.180. The second kappa shape index (κ2) is 5.48. The second-order valence-electron chi connectivity index (χ2n) is 5.52. The molecule has 0 saturated carbocycles. The molecule has 0 aromatic rings. The van der Waals surface area contributed by atoms with E-state index in [1.165, 1.54) is 12.8 Å². The molecule has 1 fully saturated rings. The van der Waals surface area contributed by atoms with Gasteiger partial charge < -0.3 is 15.3 Å². The molecule has 0 aliphatic carbocycles. The van der Waals surface area contributed by atoms with E-state index in [1.807, 2.05) is 7.05 Å². The lowest BCUT2D eigenvalue weighted by atomic mass is 9.88. The summed E-state index contributed by atoms with van der Waals surface area (Å²) >= 11 is 0. The van der Waals surface area contributed by atoms with Crippen LogP contribution in [-0.4, -0.2) is 47.8 Å². The Morgan fingerprint density at radius 2 is 1.75 bits per heavy atom. The molecule has 2 N–H and O–H groups in total. The van der Waals surface area contributed by atoms with Crippen LogP contribution < -0.4 is 5.32 Å². The van der Waals surface area contributed by atoms with E-state index in [4.69, 9.17) is 0 Å². The van der Waals surface area contributed by atoms with Gasteiger partial charge in [-0.2, -0.15) is 0 Å². The molecule has 3 heteroatoms. The van der Waals surface area contributed by atoms with Gasteiger partial charge in [-0.25, -0.2) is 0 Å². The third-order valence-corrected chi connectivity index (χ3v) is 4.40. The SMILES string of the molecule is CCC(O)(CC)CN1CCC(C)(NC)CC1. The van der Waals surface area contributed by atoms with Gasteiger partial charge >= 0.3 is 0 Å². The number of nitrogens with one attached hydrogen (secondary N) is 1. The number of piperidine rings is 1. The lowest BCUT2D eigenvalue weighted by Crippen LogP contribution is -2.53. The van der Waals surface area contributed by atoms with Crippen molar-refractivity contribution >= 4 is 0 Å². The summed E-state index contributed by atoms with van der Waals surface area (Å²) in [5, 5.41) is 13.7. The third-order valence-electron chi connectivity index (χ3n) is 4.40. The van der Waals surface area contributed by atoms with E-state index in [9.17, 15) is 5.11 Å². The van der Waals surface area contributed by atoms with Gasteiger partial charge in [0, 0.05) is 12.1 Å². The first-order valence-corrected chi connectivity index (χ1v) is 6.60. The predicted octanol–water partition coefficient (Wildman–Crippen LogP) is 1.61. The van der Waals surface area contributed by atoms with Gasteiger partial charge in [0.05, 0.1) is 5.60 Å². The zero-order valence-corrected chi connectivity index (χ0v) is 11.3. The number of likely N-dealkylation sites (tertiary alicyclic amines) is 1. The average molecular weight is 228 g/mol. The van der Waals surface area contributed by atoms with Gasteiger partial charge in [-0.1, -0.05) is 13.8 Å². The van der Waals surface area contributed by atoms with Gasteiger partial charge in [-0.3, -0.25) is 0 Å². The Labute approximate surface area is 100 Å². The van der Waals surface area contributed by atoms with Gasteiger partial charge in [0.1, 0.15) is 0 Å². The van der Waals surface area contributed by atoms with Gasteiger partial charge in [-0.05, 0) is 52.7 Å². The van der Waals surface area contributed by atoms with Crippen LogP contribution in [0.2, 0.25) is 0 Å². The monoisotopic (exact) mass is 228 g/mol. The molecule has 1 saturated heterocycles. The zero-order chi connectivity index (χ0) is 12.2. The van der Waals surface area contributed by atoms with E-state index < -0.39 is 5.60 Å². The van der Waals surface area contributed by atoms with Crippen molar-refractivity contribution in [3.8, 4) is 0 Å². The quantitative estimate of drug-likeness (QED) is 0.750. The predicted molar refractivity (Wildman–Crippen MR) is 68.7 cm³/mol. The minimum atomic E-state index is -0.479. The fourth-order valence-electron chi connectivity index (χ4n) is 2.34. The molecule has 0 amide bonds. The Morgan fingerprint density at radius 3 is 2.12 bits per heavy atom. The van der Waals surface area contributed by atoms with Crippen LogP contribution in [0.25, 0.3) is 0 Å². The lowest BCUT2D eigenvalue weighted by Gasteiger charge is -2.42. The van der Waals surface area contributed by atoms with Crippen molar-refractivity contribution in [3.05, 3.63) is 0 Å². The normalized spacial score (nSPS) is 22.3. The Hall–Kier alpha value is -0.120. The van der Waals surface area contributed by atoms with Gasteiger partial charge in [0.15, 0.2) is 0 Å². The molecule has 0 aromatic carbocycles. The van der Waals surface area contributed by atoms with Crippen LogP contribution in [0.1, 0.15) is 46.5 Å². The average Bonchev–Trinajstić information content (AvgIpc) is 2.32. The second-order valence-corrected chi connectivity index (χ2v) is 5.52. The van der Waals surface area contributed by atoms with Crippen molar-refractivity contribution in [2.45, 2.75) is 57.6 Å². The zero-order valence-electron chi connectivity index (χ0n) is 11.3. The number of β-amino-alcohol motifs (C(OH)–C–C–N with tert-alkyl or cyclic N) is 1. The highest BCUT2D eigenvalue weighted by Gasteiger charge is 2.32. The molecule has 1 rings (SSSR count). The van der Waals surface area contributed by atoms with Crippen molar-refractivity contribution in [1.29, 1.82) is 0 Å². The number of rotatable bonds is 5. The maximum absolute atomic E-state index is 10.3. The molecule has 0 atom stereocenters. The van der Waals surface area contributed by atoms with Crippen LogP contribution in [0.3, 0.4) is 0 Å². The Bertz CT molecular complexity index is 206. The molecule has 0 unspecified atom stereocenters. The molecular formula is C13H28N2O. The highest BCUT2D eigenvalue weighted by atomic mass is 16.3. The van der Waals surface area contributed by atoms with Gasteiger partial charge in [-0.15, -0.1) is 0 Å². The highest BCUT2D eigenvalue weighted by molar-refractivity contribution is 4.90. The molecule has 1 aliphatic rings. The topological polar surface area (TPSA) is 35.5 Å². The summed E-state index contributed by atoms with van der Waals surface area (Å²) in [6.45, 7) is 9.46. The molecular weight excluding hydrogens is 200 g/mol. The number of hydrogen-bond acceptors (Lipinski definition) is 3. The van der Waals surface area contributed by atoms with Crippen LogP contribution in [0.5, 0.6) is 0 Å². The minimum absolute atomic E-state index is 0.299. The van der Waals surface area contributed by atoms with E-state index in [0.717, 1.165) is 32.5 Å². The Balaban J connectivity index is 2.43. The lowest BCUT2D eigenvalue weighted by molar-refractivity contribution is -0.0141. The Morgan fingerprint density at radius 1 is 1.25 bits per heavy atom. The maximum Gasteiger partial charge on any atom is 0.0768 e. The fraction of sp³-hybridized carbons (Fsp3) is 1.00. The van der Waals surface area contributed by atoms with Gasteiger partial charge in [0.2, 0.25) is 0 Å². The molecule has 0 bridgehead atoms. The van der Waals surface area contributed by atoms with Crippen molar-refractivity contribution in [3.63, 3.8) is 0 Å². The van der Waals surface area contributed by atoms with Crippen LogP contribution in [-0.2, 0) is 0 Å². The molecule has 0 spiro atoms. The third kappa shape index (κ3) is 3.44. The van der Waals surface area contributed by atoms with Crippen molar-refractivity contribution in [2.24, 2.45) is 0 Å². The summed E-state index contributed by atoms with van der Waals surface area (Å²) in [4.78, 5) is 2.41. The Kier molecular flexibility index (Phi) is 4.77. The molecule has 1 aliphatic heterocycles. The number of aliphatic hydroxyl groups is 1. The fourth-order valence-corrected chi connectivity index (χ4v) is 2.34. The molecule has 16 heavy (non-hydrogen) atoms. The first-order valence-electron chi connectivity index (χ1n) is 6.60. The van der Waals surface area contributed by atoms with Crippen molar-refractivity contribution < 1.29 is 5.11 Å². The first-order chi connectivity index (χ1) is 7.47. The minimum Gasteiger partial charge on any atom is -0.389 e. The largest absolute Gasteiger partial charge is 0.389 e. The van der Waals surface area contributed by atoms with E-state index in [0.29, 0.717) is 5.54 Å². The van der Waals surface area contributed by atoms with Crippen LogP contribution in [0.15, 0.2) is 0 Å². The van der Waals surface area contributed by atoms with E-state index >= 15 is 0 Å². The number of hydrogen-bond donors (Lipinski definition) is 2. The van der Waals surface area contributed by atoms with Crippen LogP contribution in [0, 0.1) is 0 Å². The van der Waals surface area contributed by atoms with E-state index in [-0.39, 0.29) is 0 Å². The van der Waals surface area contributed by atoms with E-state index in [2.05, 4.69) is 31.0 Å². The van der Waals surface area contributed by atoms with E-state index in [1.54, 1.807) is 0 Å². The van der Waals surface area contributed by atoms with Crippen LogP contribution >= 0.6 is 0 Å². The summed E-state index contributed by atoms with van der Waals surface area (Å²) in [6.07, 6.45) is 4.05. The first kappa shape index (κ1) is 13.9. The number of nitrogens with zero attached hydrogens (tertiary/aromatic N) is 1.